The van der Waals surface area contributed by atoms with E-state index in [9.17, 15) is 9.90 Å². The van der Waals surface area contributed by atoms with Crippen molar-refractivity contribution < 1.29 is 19.4 Å². The van der Waals surface area contributed by atoms with E-state index < -0.39 is 6.29 Å². The lowest BCUT2D eigenvalue weighted by Gasteiger charge is -2.41. The van der Waals surface area contributed by atoms with Gasteiger partial charge >= 0.3 is 6.03 Å². The van der Waals surface area contributed by atoms with Gasteiger partial charge in [0.05, 0.1) is 23.8 Å². The summed E-state index contributed by atoms with van der Waals surface area (Å²) in [6.45, 7) is 5.12. The van der Waals surface area contributed by atoms with Crippen molar-refractivity contribution in [3.8, 4) is 11.1 Å². The van der Waals surface area contributed by atoms with Crippen LogP contribution < -0.4 is 10.6 Å². The summed E-state index contributed by atoms with van der Waals surface area (Å²) < 4.78 is 13.2. The zero-order chi connectivity index (χ0) is 29.3. The molecule has 2 heterocycles. The van der Waals surface area contributed by atoms with Crippen molar-refractivity contribution in [2.24, 2.45) is 5.92 Å². The van der Waals surface area contributed by atoms with Crippen LogP contribution in [-0.2, 0) is 22.6 Å². The molecular formula is C34H37N3O4S. The zero-order valence-corrected chi connectivity index (χ0v) is 24.7. The average molecular weight is 584 g/mol. The molecule has 0 saturated carbocycles. The van der Waals surface area contributed by atoms with Crippen molar-refractivity contribution in [3.63, 3.8) is 0 Å². The third-order valence-corrected chi connectivity index (χ3v) is 8.42. The zero-order valence-electron chi connectivity index (χ0n) is 23.9. The number of rotatable bonds is 10. The number of carbonyl (C=O) groups excluding carboxylic acids is 1. The fourth-order valence-corrected chi connectivity index (χ4v) is 6.04. The van der Waals surface area contributed by atoms with E-state index in [0.717, 1.165) is 44.2 Å². The van der Waals surface area contributed by atoms with Gasteiger partial charge in [-0.2, -0.15) is 0 Å². The number of hydrogen-bond acceptors (Lipinski definition) is 6. The molecule has 1 aromatic heterocycles. The number of pyridine rings is 1. The van der Waals surface area contributed by atoms with Crippen molar-refractivity contribution in [1.29, 1.82) is 0 Å². The van der Waals surface area contributed by atoms with Crippen LogP contribution in [0.2, 0.25) is 0 Å². The maximum absolute atomic E-state index is 11.8. The molecule has 3 N–H and O–H groups in total. The Morgan fingerprint density at radius 3 is 2.38 bits per heavy atom. The second-order valence-electron chi connectivity index (χ2n) is 10.3. The van der Waals surface area contributed by atoms with Crippen LogP contribution >= 0.6 is 11.8 Å². The molecule has 4 unspecified atom stereocenters. The second-order valence-corrected chi connectivity index (χ2v) is 11.4. The highest BCUT2D eigenvalue weighted by Gasteiger charge is 2.38. The van der Waals surface area contributed by atoms with Gasteiger partial charge in [0.25, 0.3) is 0 Å². The number of aliphatic hydroxyl groups excluding tert-OH is 1. The lowest BCUT2D eigenvalue weighted by molar-refractivity contribution is -0.268. The van der Waals surface area contributed by atoms with Gasteiger partial charge in [0.1, 0.15) is 0 Å². The number of thioether (sulfide) groups is 1. The fourth-order valence-electron chi connectivity index (χ4n) is 5.01. The van der Waals surface area contributed by atoms with E-state index in [2.05, 4.69) is 58.9 Å². The van der Waals surface area contributed by atoms with Gasteiger partial charge in [-0.15, -0.1) is 11.8 Å². The second kappa shape index (κ2) is 14.5. The van der Waals surface area contributed by atoms with Gasteiger partial charge in [-0.05, 0) is 52.9 Å². The number of ether oxygens (including phenoxy) is 2. The Kier molecular flexibility index (Phi) is 10.3. The number of amides is 2. The molecule has 8 heteroatoms. The molecule has 42 heavy (non-hydrogen) atoms. The van der Waals surface area contributed by atoms with Crippen LogP contribution in [0, 0.1) is 5.92 Å². The summed E-state index contributed by atoms with van der Waals surface area (Å²) in [5, 5.41) is 16.1. The van der Waals surface area contributed by atoms with E-state index in [1.54, 1.807) is 11.8 Å². The third-order valence-electron chi connectivity index (χ3n) is 7.39. The summed E-state index contributed by atoms with van der Waals surface area (Å²) in [5.41, 5.74) is 6.06. The van der Waals surface area contributed by atoms with E-state index in [4.69, 9.17) is 9.47 Å². The number of hydrogen-bond donors (Lipinski definition) is 3. The molecule has 1 saturated heterocycles. The number of nitrogens with zero attached hydrogens (tertiary/aromatic N) is 1. The third kappa shape index (κ3) is 7.57. The van der Waals surface area contributed by atoms with Crippen LogP contribution in [0.15, 0.2) is 102 Å². The first-order valence-corrected chi connectivity index (χ1v) is 15.3. The maximum atomic E-state index is 11.8. The number of aromatic nitrogens is 1. The highest BCUT2D eigenvalue weighted by atomic mass is 32.2. The van der Waals surface area contributed by atoms with Gasteiger partial charge in [0.2, 0.25) is 0 Å². The van der Waals surface area contributed by atoms with E-state index in [0.29, 0.717) is 13.1 Å². The van der Waals surface area contributed by atoms with Crippen LogP contribution in [0.4, 0.5) is 4.79 Å². The summed E-state index contributed by atoms with van der Waals surface area (Å²) in [6.07, 6.45) is 1.05. The first kappa shape index (κ1) is 29.8. The largest absolute Gasteiger partial charge is 0.392 e. The van der Waals surface area contributed by atoms with Crippen LogP contribution in [0.25, 0.3) is 11.1 Å². The van der Waals surface area contributed by atoms with E-state index in [1.165, 1.54) is 0 Å². The van der Waals surface area contributed by atoms with Crippen LogP contribution in [0.5, 0.6) is 0 Å². The fraction of sp³-hybridized carbons (Fsp3) is 0.294. The Morgan fingerprint density at radius 2 is 1.67 bits per heavy atom. The van der Waals surface area contributed by atoms with Crippen molar-refractivity contribution in [2.45, 2.75) is 50.5 Å². The number of benzene rings is 3. The molecule has 5 rings (SSSR count). The molecule has 218 valence electrons. The van der Waals surface area contributed by atoms with E-state index in [-0.39, 0.29) is 30.8 Å². The Labute approximate surface area is 251 Å². The van der Waals surface area contributed by atoms with E-state index >= 15 is 0 Å². The molecular weight excluding hydrogens is 546 g/mol. The predicted molar refractivity (Wildman–Crippen MR) is 166 cm³/mol. The van der Waals surface area contributed by atoms with Crippen molar-refractivity contribution in [3.05, 3.63) is 119 Å². The molecule has 2 amide bonds. The number of nitrogens with one attached hydrogen (secondary N) is 2. The molecule has 3 aromatic carbocycles. The molecule has 0 bridgehead atoms. The standard InChI is InChI=1S/C34H37N3O4S/c1-3-35-34(39)37-20-25-7-6-8-29(19-25)26-14-16-28(17-15-26)33-40-30(22-42-31-9-4-5-18-36-31)23(2)32(41-33)27-12-10-24(21-38)11-13-27/h4-19,23,30,32-33,38H,3,20-22H2,1-2H3,(H2,35,37,39). The summed E-state index contributed by atoms with van der Waals surface area (Å²) in [5.74, 6) is 0.853. The molecule has 0 radical (unpaired) electrons. The summed E-state index contributed by atoms with van der Waals surface area (Å²) >= 11 is 1.69. The minimum absolute atomic E-state index is 0.0103. The van der Waals surface area contributed by atoms with Gasteiger partial charge in [-0.25, -0.2) is 9.78 Å². The average Bonchev–Trinajstić information content (AvgIpc) is 3.04. The Hall–Kier alpha value is -3.69. The van der Waals surface area contributed by atoms with Crippen molar-refractivity contribution in [2.75, 3.05) is 12.3 Å². The number of urea groups is 1. The molecule has 4 aromatic rings. The molecule has 4 atom stereocenters. The van der Waals surface area contributed by atoms with Crippen LogP contribution in [0.3, 0.4) is 0 Å². The lowest BCUT2D eigenvalue weighted by atomic mass is 9.91. The maximum Gasteiger partial charge on any atom is 0.315 e. The smallest absolute Gasteiger partial charge is 0.315 e. The summed E-state index contributed by atoms with van der Waals surface area (Å²) in [6, 6.07) is 30.2. The number of carbonyl (C=O) groups is 1. The highest BCUT2D eigenvalue weighted by Crippen LogP contribution is 2.43. The first-order chi connectivity index (χ1) is 20.5. The van der Waals surface area contributed by atoms with Crippen LogP contribution in [0.1, 0.15) is 48.5 Å². The minimum Gasteiger partial charge on any atom is -0.392 e. The van der Waals surface area contributed by atoms with Crippen molar-refractivity contribution in [1.82, 2.24) is 15.6 Å². The molecule has 7 nitrogen and oxygen atoms in total. The molecule has 0 aliphatic carbocycles. The molecule has 1 aliphatic rings. The molecule has 1 aliphatic heterocycles. The quantitative estimate of drug-likeness (QED) is 0.181. The Bertz CT molecular complexity index is 1430. The van der Waals surface area contributed by atoms with Gasteiger partial charge in [-0.3, -0.25) is 0 Å². The van der Waals surface area contributed by atoms with Gasteiger partial charge in [-0.1, -0.05) is 79.7 Å². The summed E-state index contributed by atoms with van der Waals surface area (Å²) in [4.78, 5) is 16.3. The van der Waals surface area contributed by atoms with Gasteiger partial charge in [0, 0.05) is 36.5 Å². The number of aliphatic hydroxyl groups is 1. The topological polar surface area (TPSA) is 92.7 Å². The monoisotopic (exact) mass is 583 g/mol. The summed E-state index contributed by atoms with van der Waals surface area (Å²) in [7, 11) is 0. The molecule has 1 fully saturated rings. The first-order valence-electron chi connectivity index (χ1n) is 14.3. The van der Waals surface area contributed by atoms with Crippen LogP contribution in [-0.4, -0.2) is 34.5 Å². The Balaban J connectivity index is 1.33. The van der Waals surface area contributed by atoms with Crippen molar-refractivity contribution >= 4 is 17.8 Å². The predicted octanol–water partition coefficient (Wildman–Crippen LogP) is 6.64. The molecule has 0 spiro atoms. The normalized spacial score (nSPS) is 20.2. The highest BCUT2D eigenvalue weighted by molar-refractivity contribution is 7.99. The Morgan fingerprint density at radius 1 is 0.881 bits per heavy atom. The SMILES string of the molecule is CCNC(=O)NCc1cccc(-c2ccc(C3OC(CSc4ccccn4)C(C)C(c4ccc(CO)cc4)O3)cc2)c1. The minimum atomic E-state index is -0.528. The lowest BCUT2D eigenvalue weighted by Crippen LogP contribution is -2.38. The van der Waals surface area contributed by atoms with Gasteiger partial charge in [0.15, 0.2) is 6.29 Å². The van der Waals surface area contributed by atoms with Gasteiger partial charge < -0.3 is 25.2 Å². The van der Waals surface area contributed by atoms with E-state index in [1.807, 2.05) is 67.7 Å².